The van der Waals surface area contributed by atoms with E-state index in [2.05, 4.69) is 67.3 Å². The molecule has 1 atom stereocenters. The smallest absolute Gasteiger partial charge is 0.0596 e. The van der Waals surface area contributed by atoms with Crippen LogP contribution in [0.25, 0.3) is 0 Å². The first-order chi connectivity index (χ1) is 9.08. The summed E-state index contributed by atoms with van der Waals surface area (Å²) in [4.78, 5) is 0. The molecule has 0 aliphatic rings. The fourth-order valence-corrected chi connectivity index (χ4v) is 3.23. The molecule has 0 saturated heterocycles. The molecule has 102 valence electrons. The van der Waals surface area contributed by atoms with E-state index in [1.165, 1.54) is 11.3 Å². The average molecular weight is 386 g/mol. The third-order valence-electron chi connectivity index (χ3n) is 3.23. The highest BCUT2D eigenvalue weighted by Gasteiger charge is 2.12. The van der Waals surface area contributed by atoms with Crippen LogP contribution in [0.2, 0.25) is 0 Å². The van der Waals surface area contributed by atoms with Crippen LogP contribution in [-0.4, -0.2) is 15.1 Å². The average Bonchev–Trinajstić information content (AvgIpc) is 2.67. The Labute approximate surface area is 131 Å². The molecule has 0 N–H and O–H groups in total. The second-order valence-corrected chi connectivity index (χ2v) is 6.52. The number of hydrogen-bond acceptors (Lipinski definition) is 1. The second-order valence-electron chi connectivity index (χ2n) is 4.96. The van der Waals surface area contributed by atoms with Gasteiger partial charge in [0.15, 0.2) is 0 Å². The summed E-state index contributed by atoms with van der Waals surface area (Å²) < 4.78 is 3.14. The van der Waals surface area contributed by atoms with Crippen molar-refractivity contribution in [2.45, 2.75) is 19.8 Å². The van der Waals surface area contributed by atoms with Crippen LogP contribution in [0, 0.1) is 12.8 Å². The molecule has 1 aromatic heterocycles. The zero-order chi connectivity index (χ0) is 13.8. The van der Waals surface area contributed by atoms with Crippen molar-refractivity contribution in [1.29, 1.82) is 0 Å². The third-order valence-corrected chi connectivity index (χ3v) is 4.64. The van der Waals surface area contributed by atoms with Crippen LogP contribution >= 0.6 is 31.9 Å². The number of rotatable bonds is 5. The van der Waals surface area contributed by atoms with E-state index in [4.69, 9.17) is 0 Å². The van der Waals surface area contributed by atoms with Gasteiger partial charge in [-0.05, 0) is 49.4 Å². The van der Waals surface area contributed by atoms with Crippen molar-refractivity contribution in [2.24, 2.45) is 13.0 Å². The quantitative estimate of drug-likeness (QED) is 0.702. The highest BCUT2D eigenvalue weighted by molar-refractivity contribution is 9.10. The number of nitrogens with zero attached hydrogens (tertiary/aromatic N) is 2. The molecule has 19 heavy (non-hydrogen) atoms. The maximum absolute atomic E-state index is 4.41. The van der Waals surface area contributed by atoms with Crippen molar-refractivity contribution in [3.05, 3.63) is 51.8 Å². The summed E-state index contributed by atoms with van der Waals surface area (Å²) in [5.41, 5.74) is 3.77. The normalized spacial score (nSPS) is 12.6. The van der Waals surface area contributed by atoms with Gasteiger partial charge in [0.25, 0.3) is 0 Å². The van der Waals surface area contributed by atoms with Crippen molar-refractivity contribution >= 4 is 31.9 Å². The van der Waals surface area contributed by atoms with Gasteiger partial charge in [-0.25, -0.2) is 0 Å². The first-order valence-electron chi connectivity index (χ1n) is 6.38. The van der Waals surface area contributed by atoms with Gasteiger partial charge in [0.2, 0.25) is 0 Å². The van der Waals surface area contributed by atoms with Crippen LogP contribution in [0.3, 0.4) is 0 Å². The molecular formula is C15H18Br2N2. The van der Waals surface area contributed by atoms with Gasteiger partial charge in [-0.3, -0.25) is 4.68 Å². The summed E-state index contributed by atoms with van der Waals surface area (Å²) in [7, 11) is 2.02. The summed E-state index contributed by atoms with van der Waals surface area (Å²) in [5, 5.41) is 5.42. The Bertz CT molecular complexity index is 549. The van der Waals surface area contributed by atoms with Gasteiger partial charge in [0.05, 0.1) is 5.69 Å². The van der Waals surface area contributed by atoms with Gasteiger partial charge in [0, 0.05) is 22.5 Å². The summed E-state index contributed by atoms with van der Waals surface area (Å²) in [6, 6.07) is 10.7. The first kappa shape index (κ1) is 14.8. The number of hydrogen-bond donors (Lipinski definition) is 0. The van der Waals surface area contributed by atoms with E-state index in [1.807, 2.05) is 18.7 Å². The molecule has 1 unspecified atom stereocenters. The minimum Gasteiger partial charge on any atom is -0.272 e. The van der Waals surface area contributed by atoms with Gasteiger partial charge >= 0.3 is 0 Å². The monoisotopic (exact) mass is 384 g/mol. The maximum atomic E-state index is 4.41. The highest BCUT2D eigenvalue weighted by Crippen LogP contribution is 2.19. The van der Waals surface area contributed by atoms with Crippen molar-refractivity contribution in [2.75, 3.05) is 5.33 Å². The maximum Gasteiger partial charge on any atom is 0.0596 e. The Balaban J connectivity index is 2.06. The van der Waals surface area contributed by atoms with E-state index in [0.29, 0.717) is 5.92 Å². The van der Waals surface area contributed by atoms with Crippen LogP contribution in [-0.2, 0) is 19.9 Å². The first-order valence-corrected chi connectivity index (χ1v) is 8.30. The number of alkyl halides is 1. The lowest BCUT2D eigenvalue weighted by Gasteiger charge is -2.14. The van der Waals surface area contributed by atoms with Crippen molar-refractivity contribution < 1.29 is 0 Å². The molecule has 2 nitrogen and oxygen atoms in total. The van der Waals surface area contributed by atoms with Gasteiger partial charge < -0.3 is 0 Å². The Morgan fingerprint density at radius 3 is 2.63 bits per heavy atom. The van der Waals surface area contributed by atoms with Crippen LogP contribution in [0.15, 0.2) is 34.8 Å². The summed E-state index contributed by atoms with van der Waals surface area (Å²) in [5.74, 6) is 0.587. The predicted molar refractivity (Wildman–Crippen MR) is 86.8 cm³/mol. The van der Waals surface area contributed by atoms with Crippen LogP contribution in [0.4, 0.5) is 0 Å². The van der Waals surface area contributed by atoms with Crippen molar-refractivity contribution in [3.63, 3.8) is 0 Å². The molecular weight excluding hydrogens is 368 g/mol. The van der Waals surface area contributed by atoms with Gasteiger partial charge in [-0.2, -0.15) is 5.10 Å². The lowest BCUT2D eigenvalue weighted by Crippen LogP contribution is -2.12. The predicted octanol–water partition coefficient (Wildman–Crippen LogP) is 4.29. The lowest BCUT2D eigenvalue weighted by atomic mass is 9.96. The van der Waals surface area contributed by atoms with E-state index in [1.54, 1.807) is 0 Å². The van der Waals surface area contributed by atoms with E-state index in [9.17, 15) is 0 Å². The minimum absolute atomic E-state index is 0.587. The molecule has 0 aliphatic heterocycles. The molecule has 1 aromatic carbocycles. The Kier molecular flexibility index (Phi) is 5.22. The Morgan fingerprint density at radius 2 is 2.05 bits per heavy atom. The van der Waals surface area contributed by atoms with Gasteiger partial charge in [0.1, 0.15) is 0 Å². The minimum atomic E-state index is 0.587. The summed E-state index contributed by atoms with van der Waals surface area (Å²) >= 11 is 7.17. The number of aromatic nitrogens is 2. The SMILES string of the molecule is Cc1cc(CC(CBr)Cc2cccc(Br)c2)n(C)n1. The van der Waals surface area contributed by atoms with E-state index in [-0.39, 0.29) is 0 Å². The number of benzene rings is 1. The van der Waals surface area contributed by atoms with Gasteiger partial charge in [-0.15, -0.1) is 0 Å². The standard InChI is InChI=1S/C15H18Br2N2/c1-11-6-15(19(2)18-11)9-13(10-16)7-12-4-3-5-14(17)8-12/h3-6,8,13H,7,9-10H2,1-2H3. The molecule has 0 amide bonds. The zero-order valence-electron chi connectivity index (χ0n) is 11.2. The van der Waals surface area contributed by atoms with Gasteiger partial charge in [-0.1, -0.05) is 44.0 Å². The van der Waals surface area contributed by atoms with Crippen LogP contribution in [0.1, 0.15) is 17.0 Å². The van der Waals surface area contributed by atoms with Crippen molar-refractivity contribution in [1.82, 2.24) is 9.78 Å². The number of aryl methyl sites for hydroxylation is 2. The van der Waals surface area contributed by atoms with E-state index >= 15 is 0 Å². The summed E-state index contributed by atoms with van der Waals surface area (Å²) in [6.07, 6.45) is 2.13. The number of halogens is 2. The van der Waals surface area contributed by atoms with E-state index in [0.717, 1.165) is 28.3 Å². The van der Waals surface area contributed by atoms with E-state index < -0.39 is 0 Å². The second kappa shape index (κ2) is 6.71. The molecule has 0 fully saturated rings. The van der Waals surface area contributed by atoms with Crippen LogP contribution in [0.5, 0.6) is 0 Å². The Morgan fingerprint density at radius 1 is 1.26 bits per heavy atom. The summed E-state index contributed by atoms with van der Waals surface area (Å²) in [6.45, 7) is 2.04. The molecule has 0 bridgehead atoms. The molecule has 2 rings (SSSR count). The third kappa shape index (κ3) is 4.18. The molecule has 1 heterocycles. The topological polar surface area (TPSA) is 17.8 Å². The molecule has 4 heteroatoms. The Hall–Kier alpha value is -0.610. The zero-order valence-corrected chi connectivity index (χ0v) is 14.4. The molecule has 0 spiro atoms. The fraction of sp³-hybridized carbons (Fsp3) is 0.400. The van der Waals surface area contributed by atoms with Crippen LogP contribution < -0.4 is 0 Å². The van der Waals surface area contributed by atoms with Crippen molar-refractivity contribution in [3.8, 4) is 0 Å². The lowest BCUT2D eigenvalue weighted by molar-refractivity contribution is 0.557. The largest absolute Gasteiger partial charge is 0.272 e. The molecule has 0 aliphatic carbocycles. The molecule has 2 aromatic rings. The highest BCUT2D eigenvalue weighted by atomic mass is 79.9. The fourth-order valence-electron chi connectivity index (χ4n) is 2.33. The molecule has 0 saturated carbocycles. The molecule has 0 radical (unpaired) electrons.